The topological polar surface area (TPSA) is 17.0 Å². The molecule has 0 saturated heterocycles. The fourth-order valence-corrected chi connectivity index (χ4v) is 1.90. The Balaban J connectivity index is 0.000000534. The summed E-state index contributed by atoms with van der Waals surface area (Å²) in [5.74, 6) is 1.67. The molecule has 9 heteroatoms. The van der Waals surface area contributed by atoms with Gasteiger partial charge >= 0.3 is 38.9 Å². The monoisotopic (exact) mass is 355 g/mol. The first-order valence-corrected chi connectivity index (χ1v) is 9.25. The molecule has 0 N–H and O–H groups in total. The molecule has 0 amide bonds. The molecule has 0 radical (unpaired) electrons. The zero-order chi connectivity index (χ0) is 17.7. The maximum atomic E-state index is 9.87. The second kappa shape index (κ2) is 6.77. The van der Waals surface area contributed by atoms with Gasteiger partial charge in [-0.25, -0.2) is 0 Å². The first-order chi connectivity index (χ1) is 9.65. The second-order valence-corrected chi connectivity index (χ2v) is 7.30. The van der Waals surface area contributed by atoms with Gasteiger partial charge in [0.05, 0.1) is 6.42 Å². The van der Waals surface area contributed by atoms with Crippen molar-refractivity contribution in [2.75, 3.05) is 0 Å². The van der Waals surface area contributed by atoms with Gasteiger partial charge in [0.15, 0.2) is 12.8 Å². The first kappa shape index (κ1) is 21.2. The normalized spacial score (nSPS) is 15.0. The molecule has 0 atom stereocenters. The van der Waals surface area contributed by atoms with Crippen LogP contribution in [0.25, 0.3) is 0 Å². The van der Waals surface area contributed by atoms with Crippen LogP contribution in [0.3, 0.4) is 0 Å². The summed E-state index contributed by atoms with van der Waals surface area (Å²) in [6, 6.07) is 0. The molecule has 1 rings (SSSR count). The Morgan fingerprint density at radius 2 is 1.55 bits per heavy atom. The van der Waals surface area contributed by atoms with Crippen LogP contribution in [0.2, 0.25) is 0 Å². The van der Waals surface area contributed by atoms with Gasteiger partial charge in [0.2, 0.25) is 5.69 Å². The van der Waals surface area contributed by atoms with Crippen LogP contribution in [-0.2, 0) is 13.0 Å². The van der Waals surface area contributed by atoms with Gasteiger partial charge in [0.25, 0.3) is 0 Å². The third-order valence-electron chi connectivity index (χ3n) is 2.81. The molecule has 2 nitrogen and oxygen atoms in total. The van der Waals surface area contributed by atoms with E-state index in [1.54, 1.807) is 0 Å². The quantitative estimate of drug-likeness (QED) is 0.237. The predicted molar refractivity (Wildman–Crippen MR) is 75.5 cm³/mol. The summed E-state index contributed by atoms with van der Waals surface area (Å²) >= 11 is 0. The fraction of sp³-hybridized carbons (Fsp3) is 0.769. The number of unbranched alkanes of at least 4 members (excludes halogenated alkanes) is 2. The van der Waals surface area contributed by atoms with Crippen molar-refractivity contribution in [1.82, 2.24) is 0 Å². The Morgan fingerprint density at radius 3 is 1.91 bits per heavy atom. The van der Waals surface area contributed by atoms with Crippen LogP contribution >= 0.6 is 7.81 Å². The fourth-order valence-electron chi connectivity index (χ4n) is 1.90. The van der Waals surface area contributed by atoms with Gasteiger partial charge in [-0.2, -0.15) is 4.57 Å². The van der Waals surface area contributed by atoms with Crippen LogP contribution in [0.4, 0.5) is 25.2 Å². The molecule has 0 aliphatic carbocycles. The molecular formula is C13H24F6NOP. The molecule has 0 spiro atoms. The molecule has 0 bridgehead atoms. The average Bonchev–Trinajstić information content (AvgIpc) is 2.68. The van der Waals surface area contributed by atoms with Crippen LogP contribution in [0.5, 0.6) is 0 Å². The summed E-state index contributed by atoms with van der Waals surface area (Å²) in [6.45, 7) is 9.95. The van der Waals surface area contributed by atoms with Crippen molar-refractivity contribution in [3.05, 3.63) is 17.8 Å². The van der Waals surface area contributed by atoms with Crippen molar-refractivity contribution in [2.24, 2.45) is 0 Å². The molecule has 0 saturated carbocycles. The number of hydrogen-bond donors (Lipinski definition) is 0. The molecule has 134 valence electrons. The Labute approximate surface area is 126 Å². The van der Waals surface area contributed by atoms with E-state index in [1.165, 1.54) is 25.0 Å². The molecule has 0 aliphatic rings. The molecule has 1 aromatic rings. The first-order valence-electron chi connectivity index (χ1n) is 7.22. The number of oxazole rings is 1. The standard InChI is InChI=1S/C13H24NO.F6P/c1-5-7-8-9-14-12(11(3)4)10-15-13(14)6-2;1-7(2,3,4,5)6/h10-11H,5-9H2,1-4H3;/q+1;-1. The molecule has 1 heterocycles. The molecule has 0 fully saturated rings. The van der Waals surface area contributed by atoms with E-state index in [0.29, 0.717) is 5.92 Å². The molecule has 0 aromatic carbocycles. The van der Waals surface area contributed by atoms with Crippen LogP contribution in [0.15, 0.2) is 10.7 Å². The molecule has 0 unspecified atom stereocenters. The van der Waals surface area contributed by atoms with E-state index < -0.39 is 7.81 Å². The van der Waals surface area contributed by atoms with Gasteiger partial charge in [-0.05, 0) is 6.42 Å². The van der Waals surface area contributed by atoms with E-state index in [9.17, 15) is 25.2 Å². The SMILES string of the molecule is CCCCC[n+]1c(C(C)C)coc1CC.F[P-](F)(F)(F)(F)F. The van der Waals surface area contributed by atoms with E-state index in [4.69, 9.17) is 4.42 Å². The Morgan fingerprint density at radius 1 is 1.05 bits per heavy atom. The number of hydrogen-bond acceptors (Lipinski definition) is 1. The summed E-state index contributed by atoms with van der Waals surface area (Å²) in [4.78, 5) is 0. The van der Waals surface area contributed by atoms with Crippen molar-refractivity contribution in [3.8, 4) is 0 Å². The van der Waals surface area contributed by atoms with Gasteiger partial charge < -0.3 is 4.42 Å². The summed E-state index contributed by atoms with van der Waals surface area (Å²) in [7, 11) is -10.7. The van der Waals surface area contributed by atoms with Crippen molar-refractivity contribution in [3.63, 3.8) is 0 Å². The van der Waals surface area contributed by atoms with E-state index in [-0.39, 0.29) is 0 Å². The Bertz CT molecular complexity index is 454. The van der Waals surface area contributed by atoms with Gasteiger partial charge in [-0.1, -0.05) is 34.1 Å². The third-order valence-corrected chi connectivity index (χ3v) is 2.81. The van der Waals surface area contributed by atoms with Crippen molar-refractivity contribution in [1.29, 1.82) is 0 Å². The molecular weight excluding hydrogens is 331 g/mol. The predicted octanol–water partition coefficient (Wildman–Crippen LogP) is 6.83. The number of aryl methyl sites for hydroxylation is 1. The van der Waals surface area contributed by atoms with Crippen LogP contribution < -0.4 is 4.57 Å². The number of halogens is 6. The van der Waals surface area contributed by atoms with E-state index in [0.717, 1.165) is 18.9 Å². The van der Waals surface area contributed by atoms with E-state index >= 15 is 0 Å². The van der Waals surface area contributed by atoms with Gasteiger partial charge in [-0.3, -0.25) is 0 Å². The Kier molecular flexibility index (Phi) is 6.53. The van der Waals surface area contributed by atoms with Crippen LogP contribution in [0.1, 0.15) is 64.5 Å². The van der Waals surface area contributed by atoms with Gasteiger partial charge in [0, 0.05) is 12.3 Å². The van der Waals surface area contributed by atoms with Crippen molar-refractivity contribution in [2.45, 2.75) is 65.8 Å². The van der Waals surface area contributed by atoms with Crippen LogP contribution in [-0.4, -0.2) is 0 Å². The maximum absolute atomic E-state index is 10.7. The molecule has 0 aliphatic heterocycles. The molecule has 22 heavy (non-hydrogen) atoms. The average molecular weight is 355 g/mol. The third kappa shape index (κ3) is 11.8. The number of aromatic nitrogens is 1. The minimum absolute atomic E-state index is 0.552. The van der Waals surface area contributed by atoms with Crippen molar-refractivity contribution >= 4 is 7.81 Å². The zero-order valence-electron chi connectivity index (χ0n) is 13.3. The van der Waals surface area contributed by atoms with Crippen LogP contribution in [0, 0.1) is 0 Å². The summed E-state index contributed by atoms with van der Waals surface area (Å²) in [6.07, 6.45) is 6.75. The molecule has 1 aromatic heterocycles. The van der Waals surface area contributed by atoms with Gasteiger partial charge in [-0.15, -0.1) is 0 Å². The number of rotatable bonds is 6. The Hall–Kier alpha value is -0.780. The van der Waals surface area contributed by atoms with E-state index in [1.807, 2.05) is 6.26 Å². The van der Waals surface area contributed by atoms with Crippen molar-refractivity contribution < 1.29 is 34.2 Å². The summed E-state index contributed by atoms with van der Waals surface area (Å²) < 4.78 is 67.2. The second-order valence-electron chi connectivity index (χ2n) is 5.38. The summed E-state index contributed by atoms with van der Waals surface area (Å²) in [5.41, 5.74) is 1.34. The van der Waals surface area contributed by atoms with Gasteiger partial charge in [0.1, 0.15) is 0 Å². The van der Waals surface area contributed by atoms with E-state index in [2.05, 4.69) is 32.3 Å². The summed E-state index contributed by atoms with van der Waals surface area (Å²) in [5, 5.41) is 0. The zero-order valence-corrected chi connectivity index (χ0v) is 14.2. The number of nitrogens with zero attached hydrogens (tertiary/aromatic N) is 1. The minimum atomic E-state index is -10.7.